The monoisotopic (exact) mass is 1050 g/mol. The molecule has 0 amide bonds. The molecule has 79 heavy (non-hydrogen) atoms. The Morgan fingerprint density at radius 2 is 1.35 bits per heavy atom. The average Bonchev–Trinajstić information content (AvgIpc) is 4.32. The summed E-state index contributed by atoms with van der Waals surface area (Å²) in [6.07, 6.45) is 11.1. The standard InChI is InChI=1S/C68H46N2O8S/c1-5-7-16-40(6-2)69-54-27-35(3)53(32-46(54)47-33-56(72)57(73)34-55(47)69)70(52-21-13-19-45-61-62(75)36(4)63(76)64(77)66(61)78-65(45)52)41-17-12-15-38(28-41)39-23-25-44-50(29-39)68(49-26-24-37-14-8-9-18-43(37)60(44)49)48-20-10-11-22-59(48)79-67-51(68)30-42(71)31-58(67)74/h1,6-34,71-77H,2-4H3/b16-7-,40-6+. The maximum atomic E-state index is 11.7. The van der Waals surface area contributed by atoms with Gasteiger partial charge in [0.15, 0.2) is 28.4 Å². The van der Waals surface area contributed by atoms with Crippen LogP contribution in [0.3, 0.4) is 0 Å². The first-order valence-corrected chi connectivity index (χ1v) is 26.4. The van der Waals surface area contributed by atoms with Gasteiger partial charge in [0, 0.05) is 55.8 Å². The Balaban J connectivity index is 1.04. The molecule has 2 aliphatic rings. The number of benzene rings is 10. The van der Waals surface area contributed by atoms with Gasteiger partial charge in [-0.25, -0.2) is 0 Å². The number of phenols is 7. The zero-order valence-electron chi connectivity index (χ0n) is 42.7. The van der Waals surface area contributed by atoms with Crippen molar-refractivity contribution in [2.75, 3.05) is 4.90 Å². The van der Waals surface area contributed by atoms with Crippen LogP contribution in [0, 0.1) is 26.2 Å². The van der Waals surface area contributed by atoms with E-state index in [0.717, 1.165) is 82.3 Å². The van der Waals surface area contributed by atoms with Crippen molar-refractivity contribution in [3.63, 3.8) is 0 Å². The Morgan fingerprint density at radius 1 is 0.608 bits per heavy atom. The van der Waals surface area contributed by atoms with Crippen molar-refractivity contribution in [1.29, 1.82) is 0 Å². The number of furan rings is 1. The highest BCUT2D eigenvalue weighted by Crippen LogP contribution is 2.65. The van der Waals surface area contributed by atoms with Crippen LogP contribution in [0.1, 0.15) is 40.3 Å². The van der Waals surface area contributed by atoms with E-state index in [4.69, 9.17) is 10.8 Å². The number of hydrogen-bond donors (Lipinski definition) is 7. The number of fused-ring (bicyclic) bond motifs is 17. The fourth-order valence-corrected chi connectivity index (χ4v) is 13.8. The van der Waals surface area contributed by atoms with Gasteiger partial charge in [-0.1, -0.05) is 115 Å². The van der Waals surface area contributed by atoms with Gasteiger partial charge in [0.1, 0.15) is 17.2 Å². The molecule has 0 saturated heterocycles. The van der Waals surface area contributed by atoms with Crippen molar-refractivity contribution in [2.45, 2.75) is 36.0 Å². The summed E-state index contributed by atoms with van der Waals surface area (Å²) in [5.41, 5.74) is 12.0. The van der Waals surface area contributed by atoms with Gasteiger partial charge in [-0.05, 0) is 148 Å². The fourth-order valence-electron chi connectivity index (χ4n) is 12.6. The summed E-state index contributed by atoms with van der Waals surface area (Å²) in [5.74, 6) is 0.769. The van der Waals surface area contributed by atoms with Gasteiger partial charge in [-0.15, -0.1) is 6.42 Å². The van der Waals surface area contributed by atoms with E-state index in [9.17, 15) is 35.7 Å². The molecule has 0 bridgehead atoms. The molecular weight excluding hydrogens is 1000 g/mol. The zero-order valence-corrected chi connectivity index (χ0v) is 43.5. The first-order valence-electron chi connectivity index (χ1n) is 25.6. The van der Waals surface area contributed by atoms with Crippen molar-refractivity contribution in [2.24, 2.45) is 0 Å². The molecule has 14 rings (SSSR count). The smallest absolute Gasteiger partial charge is 0.202 e. The van der Waals surface area contributed by atoms with E-state index in [0.29, 0.717) is 43.8 Å². The number of aromatic hydroxyl groups is 7. The Hall–Kier alpha value is -10.2. The molecular formula is C68H46N2O8S. The predicted octanol–water partition coefficient (Wildman–Crippen LogP) is 16.4. The average molecular weight is 1050 g/mol. The highest BCUT2D eigenvalue weighted by atomic mass is 32.2. The number of para-hydroxylation sites is 1. The number of nitrogens with zero attached hydrogens (tertiary/aromatic N) is 2. The van der Waals surface area contributed by atoms with E-state index in [-0.39, 0.29) is 45.3 Å². The maximum absolute atomic E-state index is 11.7. The molecule has 1 atom stereocenters. The van der Waals surface area contributed by atoms with Crippen LogP contribution in [-0.4, -0.2) is 40.3 Å². The zero-order chi connectivity index (χ0) is 54.3. The minimum atomic E-state index is -0.955. The van der Waals surface area contributed by atoms with Crippen molar-refractivity contribution in [1.82, 2.24) is 4.57 Å². The number of aromatic nitrogens is 1. The second-order valence-corrected chi connectivity index (χ2v) is 21.3. The van der Waals surface area contributed by atoms with Crippen LogP contribution < -0.4 is 4.90 Å². The first-order chi connectivity index (χ1) is 38.3. The highest BCUT2D eigenvalue weighted by molar-refractivity contribution is 7.99. The SMILES string of the molecule is C#C/C=C\C(=C/C)n1c2cc(C)c(N(c3cccc(-c4ccc5c(c4)C4(c6ccccc6Sc6c(O)cc(O)cc64)c4ccc6ccccc6c4-5)c3)c3cccc4c3oc3c(O)c(O)c(C)c(O)c34)cc2c2cc(O)c(O)cc21. The van der Waals surface area contributed by atoms with Crippen molar-refractivity contribution >= 4 is 89.0 Å². The van der Waals surface area contributed by atoms with E-state index in [1.54, 1.807) is 24.3 Å². The Bertz CT molecular complexity index is 4810. The number of allylic oxidation sites excluding steroid dienone is 4. The number of hydrogen-bond acceptors (Lipinski definition) is 10. The number of terminal acetylenes is 1. The third-order valence-corrected chi connectivity index (χ3v) is 17.3. The molecule has 382 valence electrons. The minimum Gasteiger partial charge on any atom is -0.508 e. The summed E-state index contributed by atoms with van der Waals surface area (Å²) in [6.45, 7) is 5.43. The molecule has 1 spiro atoms. The van der Waals surface area contributed by atoms with Crippen LogP contribution in [0.5, 0.6) is 40.2 Å². The number of rotatable bonds is 6. The molecule has 11 heteroatoms. The van der Waals surface area contributed by atoms with Gasteiger partial charge in [-0.3, -0.25) is 0 Å². The van der Waals surface area contributed by atoms with E-state index in [1.165, 1.54) is 30.8 Å². The summed E-state index contributed by atoms with van der Waals surface area (Å²) in [7, 11) is 0. The largest absolute Gasteiger partial charge is 0.508 e. The summed E-state index contributed by atoms with van der Waals surface area (Å²) in [4.78, 5) is 3.73. The van der Waals surface area contributed by atoms with Crippen molar-refractivity contribution in [3.8, 4) is 74.8 Å². The normalized spacial score (nSPS) is 14.6. The van der Waals surface area contributed by atoms with Gasteiger partial charge >= 0.3 is 0 Å². The van der Waals surface area contributed by atoms with Gasteiger partial charge in [0.2, 0.25) is 5.75 Å². The quantitative estimate of drug-likeness (QED) is 0.0369. The Kier molecular flexibility index (Phi) is 10.3. The Morgan fingerprint density at radius 3 is 2.19 bits per heavy atom. The molecule has 1 aliphatic heterocycles. The molecule has 7 N–H and O–H groups in total. The summed E-state index contributed by atoms with van der Waals surface area (Å²) < 4.78 is 8.58. The highest BCUT2D eigenvalue weighted by Gasteiger charge is 2.51. The van der Waals surface area contributed by atoms with E-state index < -0.39 is 16.9 Å². The molecule has 0 radical (unpaired) electrons. The number of aryl methyl sites for hydroxylation is 1. The van der Waals surface area contributed by atoms with Crippen LogP contribution in [0.25, 0.3) is 82.5 Å². The lowest BCUT2D eigenvalue weighted by molar-refractivity contribution is 0.392. The van der Waals surface area contributed by atoms with Gasteiger partial charge < -0.3 is 49.6 Å². The van der Waals surface area contributed by atoms with Crippen LogP contribution in [0.4, 0.5) is 17.1 Å². The van der Waals surface area contributed by atoms with Gasteiger partial charge in [0.25, 0.3) is 0 Å². The summed E-state index contributed by atoms with van der Waals surface area (Å²) >= 11 is 1.50. The lowest BCUT2D eigenvalue weighted by Gasteiger charge is -2.40. The second kappa shape index (κ2) is 17.2. The molecule has 0 saturated carbocycles. The molecule has 12 aromatic rings. The van der Waals surface area contributed by atoms with Crippen LogP contribution in [0.2, 0.25) is 0 Å². The Labute approximate surface area is 456 Å². The maximum Gasteiger partial charge on any atom is 0.202 e. The molecule has 10 aromatic carbocycles. The van der Waals surface area contributed by atoms with E-state index in [1.807, 2.05) is 79.1 Å². The molecule has 10 nitrogen and oxygen atoms in total. The summed E-state index contributed by atoms with van der Waals surface area (Å²) in [6, 6.07) is 51.7. The lowest BCUT2D eigenvalue weighted by atomic mass is 9.67. The van der Waals surface area contributed by atoms with Crippen LogP contribution >= 0.6 is 11.8 Å². The molecule has 0 fully saturated rings. The molecule has 2 aromatic heterocycles. The predicted molar refractivity (Wildman–Crippen MR) is 315 cm³/mol. The third-order valence-electron chi connectivity index (χ3n) is 16.1. The molecule has 3 heterocycles. The number of phenolic OH excluding ortho intramolecular Hbond substituents is 7. The van der Waals surface area contributed by atoms with Crippen LogP contribution in [0.15, 0.2) is 190 Å². The second-order valence-electron chi connectivity index (χ2n) is 20.2. The van der Waals surface area contributed by atoms with Crippen molar-refractivity contribution in [3.05, 3.63) is 209 Å². The van der Waals surface area contributed by atoms with Gasteiger partial charge in [-0.2, -0.15) is 0 Å². The third kappa shape index (κ3) is 6.56. The molecule has 1 aliphatic carbocycles. The first kappa shape index (κ1) is 47.3. The fraction of sp³-hybridized carbons (Fsp3) is 0.0588. The van der Waals surface area contributed by atoms with Crippen molar-refractivity contribution < 1.29 is 40.2 Å². The number of anilines is 3. The lowest BCUT2D eigenvalue weighted by Crippen LogP contribution is -2.32. The molecule has 1 unspecified atom stereocenters. The minimum absolute atomic E-state index is 0.00134. The topological polar surface area (TPSA) is 163 Å². The van der Waals surface area contributed by atoms with Crippen LogP contribution in [-0.2, 0) is 5.41 Å². The van der Waals surface area contributed by atoms with E-state index in [2.05, 4.69) is 89.7 Å². The van der Waals surface area contributed by atoms with E-state index >= 15 is 0 Å². The van der Waals surface area contributed by atoms with Gasteiger partial charge in [0.05, 0.1) is 32.4 Å². The summed E-state index contributed by atoms with van der Waals surface area (Å²) in [5, 5.41) is 83.3.